The molecule has 1 aromatic rings. The molecule has 0 aliphatic rings. The molecule has 18 heavy (non-hydrogen) atoms. The first kappa shape index (κ1) is 15.3. The summed E-state index contributed by atoms with van der Waals surface area (Å²) in [6.45, 7) is 4.83. The van der Waals surface area contributed by atoms with E-state index in [-0.39, 0.29) is 11.9 Å². The molecule has 102 valence electrons. The maximum Gasteiger partial charge on any atom is 0.126 e. The molecule has 1 rings (SSSR count). The van der Waals surface area contributed by atoms with Gasteiger partial charge in [0.25, 0.3) is 0 Å². The second kappa shape index (κ2) is 7.00. The van der Waals surface area contributed by atoms with Gasteiger partial charge < -0.3 is 10.2 Å². The first-order chi connectivity index (χ1) is 8.51. The minimum absolute atomic E-state index is 0.130. The van der Waals surface area contributed by atoms with Gasteiger partial charge in [0.05, 0.1) is 0 Å². The molecule has 1 unspecified atom stereocenters. The first-order valence-electron chi connectivity index (χ1n) is 6.18. The van der Waals surface area contributed by atoms with Crippen LogP contribution in [0.3, 0.4) is 0 Å². The first-order valence-corrected chi connectivity index (χ1v) is 7.58. The number of nitrogens with zero attached hydrogens (tertiary/aromatic N) is 1. The Kier molecular flexibility index (Phi) is 5.96. The van der Waals surface area contributed by atoms with E-state index < -0.39 is 0 Å². The molecule has 0 aliphatic heterocycles. The van der Waals surface area contributed by atoms with E-state index in [1.165, 1.54) is 0 Å². The van der Waals surface area contributed by atoms with Crippen LogP contribution < -0.4 is 10.2 Å². The Bertz CT molecular complexity index is 396. The van der Waals surface area contributed by atoms with Crippen LogP contribution in [0, 0.1) is 12.7 Å². The summed E-state index contributed by atoms with van der Waals surface area (Å²) >= 11 is 1.82. The molecule has 0 fully saturated rings. The number of anilines is 1. The lowest BCUT2D eigenvalue weighted by atomic mass is 10.0. The monoisotopic (exact) mass is 270 g/mol. The molecule has 0 spiro atoms. The number of hydrogen-bond donors (Lipinski definition) is 1. The van der Waals surface area contributed by atoms with Crippen LogP contribution in [-0.2, 0) is 0 Å². The summed E-state index contributed by atoms with van der Waals surface area (Å²) in [5, 5.41) is 3.18. The maximum absolute atomic E-state index is 13.7. The van der Waals surface area contributed by atoms with Gasteiger partial charge in [0.2, 0.25) is 0 Å². The van der Waals surface area contributed by atoms with Crippen molar-refractivity contribution in [3.63, 3.8) is 0 Å². The molecular weight excluding hydrogens is 247 g/mol. The van der Waals surface area contributed by atoms with E-state index in [0.717, 1.165) is 23.5 Å². The summed E-state index contributed by atoms with van der Waals surface area (Å²) in [6.07, 6.45) is 2.10. The molecule has 0 aromatic heterocycles. The van der Waals surface area contributed by atoms with Crippen LogP contribution in [0.4, 0.5) is 10.1 Å². The number of benzene rings is 1. The smallest absolute Gasteiger partial charge is 0.126 e. The normalized spacial score (nSPS) is 12.6. The van der Waals surface area contributed by atoms with Crippen molar-refractivity contribution >= 4 is 17.4 Å². The number of nitrogens with one attached hydrogen (secondary N) is 1. The number of rotatable bonds is 6. The van der Waals surface area contributed by atoms with Crippen molar-refractivity contribution in [3.8, 4) is 0 Å². The third-order valence-corrected chi connectivity index (χ3v) is 3.84. The van der Waals surface area contributed by atoms with Crippen molar-refractivity contribution in [2.75, 3.05) is 37.5 Å². The second-order valence-electron chi connectivity index (χ2n) is 4.58. The van der Waals surface area contributed by atoms with Gasteiger partial charge >= 0.3 is 0 Å². The highest BCUT2D eigenvalue weighted by molar-refractivity contribution is 7.98. The molecule has 0 radical (unpaired) electrons. The second-order valence-corrected chi connectivity index (χ2v) is 5.57. The molecule has 0 aliphatic carbocycles. The molecule has 0 bridgehead atoms. The molecule has 0 amide bonds. The zero-order valence-corrected chi connectivity index (χ0v) is 12.7. The van der Waals surface area contributed by atoms with Gasteiger partial charge in [0.1, 0.15) is 5.82 Å². The predicted octanol–water partition coefficient (Wildman–Crippen LogP) is 3.21. The predicted molar refractivity (Wildman–Crippen MR) is 80.3 cm³/mol. The van der Waals surface area contributed by atoms with Gasteiger partial charge in [-0.1, -0.05) is 0 Å². The van der Waals surface area contributed by atoms with Gasteiger partial charge in [0, 0.05) is 31.1 Å². The zero-order valence-electron chi connectivity index (χ0n) is 11.9. The number of aryl methyl sites for hydroxylation is 1. The number of hydrogen-bond acceptors (Lipinski definition) is 3. The summed E-state index contributed by atoms with van der Waals surface area (Å²) in [7, 11) is 3.96. The van der Waals surface area contributed by atoms with Crippen molar-refractivity contribution in [1.29, 1.82) is 0 Å². The van der Waals surface area contributed by atoms with E-state index in [1.54, 1.807) is 6.07 Å². The fraction of sp³-hybridized carbons (Fsp3) is 0.571. The maximum atomic E-state index is 13.7. The van der Waals surface area contributed by atoms with Gasteiger partial charge in [-0.2, -0.15) is 11.8 Å². The molecule has 2 nitrogen and oxygen atoms in total. The fourth-order valence-corrected chi connectivity index (χ4v) is 2.32. The van der Waals surface area contributed by atoms with E-state index >= 15 is 0 Å². The Morgan fingerprint density at radius 3 is 2.67 bits per heavy atom. The average Bonchev–Trinajstić information content (AvgIpc) is 2.37. The van der Waals surface area contributed by atoms with Crippen LogP contribution in [0.15, 0.2) is 12.1 Å². The Balaban J connectivity index is 3.10. The van der Waals surface area contributed by atoms with Crippen molar-refractivity contribution in [2.45, 2.75) is 19.9 Å². The number of thioether (sulfide) groups is 1. The topological polar surface area (TPSA) is 15.3 Å². The number of halogens is 1. The quantitative estimate of drug-likeness (QED) is 0.854. The lowest BCUT2D eigenvalue weighted by Gasteiger charge is -2.25. The van der Waals surface area contributed by atoms with Crippen LogP contribution in [0.1, 0.15) is 24.1 Å². The molecule has 4 heteroatoms. The van der Waals surface area contributed by atoms with Crippen molar-refractivity contribution < 1.29 is 4.39 Å². The van der Waals surface area contributed by atoms with Gasteiger partial charge in [0.15, 0.2) is 0 Å². The Morgan fingerprint density at radius 1 is 1.44 bits per heavy atom. The SMILES string of the molecule is CNC(C)c1cc(F)c(C)cc1N(C)CCSC. The molecule has 0 saturated carbocycles. The summed E-state index contributed by atoms with van der Waals surface area (Å²) in [4.78, 5) is 2.20. The lowest BCUT2D eigenvalue weighted by molar-refractivity contribution is 0.600. The highest BCUT2D eigenvalue weighted by atomic mass is 32.2. The summed E-state index contributed by atoms with van der Waals surface area (Å²) in [5.41, 5.74) is 2.84. The van der Waals surface area contributed by atoms with Crippen LogP contribution in [0.25, 0.3) is 0 Å². The minimum atomic E-state index is -0.130. The molecule has 1 N–H and O–H groups in total. The van der Waals surface area contributed by atoms with E-state index in [4.69, 9.17) is 0 Å². The van der Waals surface area contributed by atoms with Crippen LogP contribution >= 0.6 is 11.8 Å². The van der Waals surface area contributed by atoms with Crippen LogP contribution in [0.2, 0.25) is 0 Å². The van der Waals surface area contributed by atoms with E-state index in [9.17, 15) is 4.39 Å². The van der Waals surface area contributed by atoms with E-state index in [1.807, 2.05) is 31.8 Å². The summed E-state index contributed by atoms with van der Waals surface area (Å²) in [6, 6.07) is 3.74. The van der Waals surface area contributed by atoms with Crippen molar-refractivity contribution in [1.82, 2.24) is 5.32 Å². The standard InChI is InChI=1S/C14H23FN2S/c1-10-8-14(17(4)6-7-18-5)12(9-13(10)15)11(2)16-3/h8-9,11,16H,6-7H2,1-5H3. The molecule has 0 heterocycles. The third-order valence-electron chi connectivity index (χ3n) is 3.25. The Hall–Kier alpha value is -0.740. The minimum Gasteiger partial charge on any atom is -0.373 e. The van der Waals surface area contributed by atoms with E-state index in [0.29, 0.717) is 5.56 Å². The molecular formula is C14H23FN2S. The summed E-state index contributed by atoms with van der Waals surface area (Å²) < 4.78 is 13.7. The van der Waals surface area contributed by atoms with Crippen molar-refractivity contribution in [2.24, 2.45) is 0 Å². The summed E-state index contributed by atoms with van der Waals surface area (Å²) in [5.74, 6) is 0.939. The molecule has 0 saturated heterocycles. The van der Waals surface area contributed by atoms with Crippen LogP contribution in [0.5, 0.6) is 0 Å². The Labute approximate surface area is 114 Å². The van der Waals surface area contributed by atoms with Gasteiger partial charge in [-0.05, 0) is 50.4 Å². The average molecular weight is 270 g/mol. The van der Waals surface area contributed by atoms with E-state index in [2.05, 4.69) is 30.4 Å². The molecule has 1 atom stereocenters. The highest BCUT2D eigenvalue weighted by Gasteiger charge is 2.15. The Morgan fingerprint density at radius 2 is 2.11 bits per heavy atom. The highest BCUT2D eigenvalue weighted by Crippen LogP contribution is 2.28. The lowest BCUT2D eigenvalue weighted by Crippen LogP contribution is -2.24. The third kappa shape index (κ3) is 3.62. The fourth-order valence-electron chi connectivity index (χ4n) is 1.86. The van der Waals surface area contributed by atoms with Gasteiger partial charge in [-0.3, -0.25) is 0 Å². The molecule has 1 aromatic carbocycles. The zero-order chi connectivity index (χ0) is 13.7. The van der Waals surface area contributed by atoms with Crippen molar-refractivity contribution in [3.05, 3.63) is 29.1 Å². The van der Waals surface area contributed by atoms with Gasteiger partial charge in [-0.15, -0.1) is 0 Å². The van der Waals surface area contributed by atoms with Crippen LogP contribution in [-0.4, -0.2) is 32.6 Å². The largest absolute Gasteiger partial charge is 0.373 e. The van der Waals surface area contributed by atoms with Gasteiger partial charge in [-0.25, -0.2) is 4.39 Å².